The molecule has 0 heterocycles. The van der Waals surface area contributed by atoms with Crippen LogP contribution in [0.3, 0.4) is 0 Å². The van der Waals surface area contributed by atoms with E-state index in [9.17, 15) is 9.59 Å². The van der Waals surface area contributed by atoms with E-state index in [1.54, 1.807) is 12.1 Å². The molecule has 0 aromatic heterocycles. The molecule has 0 aliphatic rings. The molecule has 0 saturated heterocycles. The van der Waals surface area contributed by atoms with Crippen LogP contribution in [0.25, 0.3) is 0 Å². The fourth-order valence-electron chi connectivity index (χ4n) is 2.45. The summed E-state index contributed by atoms with van der Waals surface area (Å²) in [7, 11) is 0. The zero-order chi connectivity index (χ0) is 17.4. The lowest BCUT2D eigenvalue weighted by Gasteiger charge is -2.13. The summed E-state index contributed by atoms with van der Waals surface area (Å²) in [5, 5.41) is 2.97. The second kappa shape index (κ2) is 9.38. The molecular formula is C20H22BrNO2. The van der Waals surface area contributed by atoms with E-state index in [-0.39, 0.29) is 30.6 Å². The van der Waals surface area contributed by atoms with E-state index in [2.05, 4.69) is 33.4 Å². The van der Waals surface area contributed by atoms with Gasteiger partial charge in [0.25, 0.3) is 0 Å². The summed E-state index contributed by atoms with van der Waals surface area (Å²) >= 11 is 3.34. The maximum atomic E-state index is 12.1. The summed E-state index contributed by atoms with van der Waals surface area (Å²) < 4.78 is 0.934. The normalized spacial score (nSPS) is 11.8. The lowest BCUT2D eigenvalue weighted by molar-refractivity contribution is -0.121. The number of benzene rings is 2. The molecule has 1 unspecified atom stereocenters. The Hall–Kier alpha value is -1.94. The minimum absolute atomic E-state index is 0.00501. The van der Waals surface area contributed by atoms with Gasteiger partial charge in [0.2, 0.25) is 5.91 Å². The van der Waals surface area contributed by atoms with Crippen LogP contribution < -0.4 is 5.32 Å². The van der Waals surface area contributed by atoms with Gasteiger partial charge in [-0.1, -0.05) is 58.4 Å². The number of Topliss-reactive ketones (excluding diaryl/α,β-unsaturated/α-hetero) is 1. The van der Waals surface area contributed by atoms with E-state index in [1.165, 1.54) is 5.56 Å². The van der Waals surface area contributed by atoms with Gasteiger partial charge in [-0.2, -0.15) is 0 Å². The maximum absolute atomic E-state index is 12.1. The average Bonchev–Trinajstić information content (AvgIpc) is 2.59. The van der Waals surface area contributed by atoms with Crippen LogP contribution in [0.4, 0.5) is 0 Å². The van der Waals surface area contributed by atoms with Crippen molar-refractivity contribution >= 4 is 27.6 Å². The van der Waals surface area contributed by atoms with Crippen molar-refractivity contribution in [2.45, 2.75) is 38.6 Å². The van der Waals surface area contributed by atoms with Gasteiger partial charge in [-0.05, 0) is 37.5 Å². The van der Waals surface area contributed by atoms with Gasteiger partial charge in [0.15, 0.2) is 5.78 Å². The van der Waals surface area contributed by atoms with Crippen LogP contribution in [0.1, 0.15) is 42.1 Å². The van der Waals surface area contributed by atoms with Crippen LogP contribution in [0.15, 0.2) is 59.1 Å². The SMILES string of the molecule is CC(CCc1ccccc1)NC(=O)CCC(=O)c1ccc(Br)cc1. The average molecular weight is 388 g/mol. The molecule has 126 valence electrons. The van der Waals surface area contributed by atoms with Crippen molar-refractivity contribution in [3.05, 3.63) is 70.2 Å². The number of ketones is 1. The van der Waals surface area contributed by atoms with Gasteiger partial charge in [0, 0.05) is 28.9 Å². The van der Waals surface area contributed by atoms with E-state index in [0.29, 0.717) is 5.56 Å². The number of carbonyl (C=O) groups excluding carboxylic acids is 2. The molecule has 0 aliphatic heterocycles. The van der Waals surface area contributed by atoms with E-state index in [0.717, 1.165) is 17.3 Å². The topological polar surface area (TPSA) is 46.2 Å². The minimum atomic E-state index is -0.0685. The van der Waals surface area contributed by atoms with Gasteiger partial charge in [0.1, 0.15) is 0 Å². The fraction of sp³-hybridized carbons (Fsp3) is 0.300. The molecule has 0 aliphatic carbocycles. The second-order valence-electron chi connectivity index (χ2n) is 5.92. The Labute approximate surface area is 151 Å². The Balaban J connectivity index is 1.70. The number of nitrogens with one attached hydrogen (secondary N) is 1. The first kappa shape index (κ1) is 18.4. The third-order valence-corrected chi connectivity index (χ3v) is 4.39. The number of rotatable bonds is 8. The first-order chi connectivity index (χ1) is 11.5. The van der Waals surface area contributed by atoms with Crippen LogP contribution in [-0.2, 0) is 11.2 Å². The molecule has 0 fully saturated rings. The zero-order valence-corrected chi connectivity index (χ0v) is 15.4. The van der Waals surface area contributed by atoms with Crippen molar-refractivity contribution < 1.29 is 9.59 Å². The van der Waals surface area contributed by atoms with Crippen LogP contribution in [-0.4, -0.2) is 17.7 Å². The highest BCUT2D eigenvalue weighted by molar-refractivity contribution is 9.10. The van der Waals surface area contributed by atoms with Crippen LogP contribution in [0, 0.1) is 0 Å². The van der Waals surface area contributed by atoms with Crippen LogP contribution in [0.5, 0.6) is 0 Å². The molecule has 0 spiro atoms. The smallest absolute Gasteiger partial charge is 0.220 e. The predicted molar refractivity (Wildman–Crippen MR) is 100 cm³/mol. The number of hydrogen-bond acceptors (Lipinski definition) is 2. The zero-order valence-electron chi connectivity index (χ0n) is 13.8. The van der Waals surface area contributed by atoms with Gasteiger partial charge < -0.3 is 5.32 Å². The van der Waals surface area contributed by atoms with Gasteiger partial charge >= 0.3 is 0 Å². The number of hydrogen-bond donors (Lipinski definition) is 1. The third kappa shape index (κ3) is 6.28. The van der Waals surface area contributed by atoms with Gasteiger partial charge in [-0.15, -0.1) is 0 Å². The molecule has 0 saturated carbocycles. The Kier molecular flexibility index (Phi) is 7.19. The molecule has 1 atom stereocenters. The fourth-order valence-corrected chi connectivity index (χ4v) is 2.72. The Bertz CT molecular complexity index is 668. The van der Waals surface area contributed by atoms with Crippen molar-refractivity contribution in [3.8, 4) is 0 Å². The summed E-state index contributed by atoms with van der Waals surface area (Å²) in [5.41, 5.74) is 1.91. The molecule has 3 nitrogen and oxygen atoms in total. The van der Waals surface area contributed by atoms with E-state index in [1.807, 2.05) is 37.3 Å². The Morgan fingerprint density at radius 2 is 1.67 bits per heavy atom. The monoisotopic (exact) mass is 387 g/mol. The van der Waals surface area contributed by atoms with E-state index >= 15 is 0 Å². The van der Waals surface area contributed by atoms with Gasteiger partial charge in [-0.3, -0.25) is 9.59 Å². The molecule has 0 radical (unpaired) electrons. The molecule has 1 amide bonds. The molecule has 2 aromatic rings. The van der Waals surface area contributed by atoms with Crippen molar-refractivity contribution in [2.75, 3.05) is 0 Å². The summed E-state index contributed by atoms with van der Waals surface area (Å²) in [6, 6.07) is 17.5. The van der Waals surface area contributed by atoms with Crippen molar-refractivity contribution in [3.63, 3.8) is 0 Å². The number of aryl methyl sites for hydroxylation is 1. The van der Waals surface area contributed by atoms with Crippen molar-refractivity contribution in [1.82, 2.24) is 5.32 Å². The predicted octanol–water partition coefficient (Wildman–Crippen LogP) is 4.55. The Morgan fingerprint density at radius 3 is 2.33 bits per heavy atom. The van der Waals surface area contributed by atoms with Crippen molar-refractivity contribution in [2.24, 2.45) is 0 Å². The lowest BCUT2D eigenvalue weighted by atomic mass is 10.0. The molecule has 24 heavy (non-hydrogen) atoms. The lowest BCUT2D eigenvalue weighted by Crippen LogP contribution is -2.33. The molecule has 4 heteroatoms. The molecule has 2 rings (SSSR count). The second-order valence-corrected chi connectivity index (χ2v) is 6.84. The summed E-state index contributed by atoms with van der Waals surface area (Å²) in [5.74, 6) is -0.0735. The largest absolute Gasteiger partial charge is 0.354 e. The highest BCUT2D eigenvalue weighted by atomic mass is 79.9. The number of halogens is 1. The van der Waals surface area contributed by atoms with Crippen molar-refractivity contribution in [1.29, 1.82) is 0 Å². The van der Waals surface area contributed by atoms with Crippen LogP contribution in [0.2, 0.25) is 0 Å². The van der Waals surface area contributed by atoms with E-state index < -0.39 is 0 Å². The summed E-state index contributed by atoms with van der Waals surface area (Å²) in [6.07, 6.45) is 2.28. The molecule has 2 aromatic carbocycles. The van der Waals surface area contributed by atoms with E-state index in [4.69, 9.17) is 0 Å². The minimum Gasteiger partial charge on any atom is -0.354 e. The third-order valence-electron chi connectivity index (χ3n) is 3.86. The standard InChI is InChI=1S/C20H22BrNO2/c1-15(7-8-16-5-3-2-4-6-16)22-20(24)14-13-19(23)17-9-11-18(21)12-10-17/h2-6,9-12,15H,7-8,13-14H2,1H3,(H,22,24). The number of carbonyl (C=O) groups is 2. The quantitative estimate of drug-likeness (QED) is 0.675. The summed E-state index contributed by atoms with van der Waals surface area (Å²) in [6.45, 7) is 2.00. The molecular weight excluding hydrogens is 366 g/mol. The summed E-state index contributed by atoms with van der Waals surface area (Å²) in [4.78, 5) is 24.0. The first-order valence-electron chi connectivity index (χ1n) is 8.16. The first-order valence-corrected chi connectivity index (χ1v) is 8.96. The number of amides is 1. The molecule has 0 bridgehead atoms. The van der Waals surface area contributed by atoms with Gasteiger partial charge in [-0.25, -0.2) is 0 Å². The molecule has 1 N–H and O–H groups in total. The highest BCUT2D eigenvalue weighted by Gasteiger charge is 2.11. The maximum Gasteiger partial charge on any atom is 0.220 e. The Morgan fingerprint density at radius 1 is 1.00 bits per heavy atom. The van der Waals surface area contributed by atoms with Gasteiger partial charge in [0.05, 0.1) is 0 Å². The van der Waals surface area contributed by atoms with Crippen LogP contribution >= 0.6 is 15.9 Å². The highest BCUT2D eigenvalue weighted by Crippen LogP contribution is 2.12.